The number of carbonyl (C=O) groups excluding carboxylic acids is 2. The van der Waals surface area contributed by atoms with Crippen LogP contribution in [0.4, 0.5) is 5.69 Å². The third-order valence-electron chi connectivity index (χ3n) is 3.87. The fourth-order valence-electron chi connectivity index (χ4n) is 2.39. The van der Waals surface area contributed by atoms with E-state index >= 15 is 0 Å². The zero-order chi connectivity index (χ0) is 21.4. The summed E-state index contributed by atoms with van der Waals surface area (Å²) in [6, 6.07) is 11.6. The van der Waals surface area contributed by atoms with Crippen molar-refractivity contribution in [1.29, 1.82) is 5.26 Å². The number of amides is 1. The topological polar surface area (TPSA) is 97.6 Å². The van der Waals surface area contributed by atoms with E-state index in [1.165, 1.54) is 20.1 Å². The third kappa shape index (κ3) is 5.72. The van der Waals surface area contributed by atoms with Crippen molar-refractivity contribution in [2.45, 2.75) is 26.4 Å². The SMILES string of the molecule is CCCOc1c(Br)cc(C(=O)OC(C)C(=O)Nc2ccccc2C#N)cc1OC. The van der Waals surface area contributed by atoms with Gasteiger partial charge in [-0.2, -0.15) is 5.26 Å². The molecule has 1 atom stereocenters. The summed E-state index contributed by atoms with van der Waals surface area (Å²) < 4.78 is 16.7. The van der Waals surface area contributed by atoms with Crippen LogP contribution in [-0.4, -0.2) is 31.7 Å². The predicted molar refractivity (Wildman–Crippen MR) is 111 cm³/mol. The Balaban J connectivity index is 2.11. The Labute approximate surface area is 177 Å². The van der Waals surface area contributed by atoms with Crippen LogP contribution in [-0.2, 0) is 9.53 Å². The molecule has 1 N–H and O–H groups in total. The lowest BCUT2D eigenvalue weighted by atomic mass is 10.2. The van der Waals surface area contributed by atoms with E-state index < -0.39 is 18.0 Å². The van der Waals surface area contributed by atoms with Gasteiger partial charge in [-0.15, -0.1) is 0 Å². The lowest BCUT2D eigenvalue weighted by molar-refractivity contribution is -0.123. The highest BCUT2D eigenvalue weighted by atomic mass is 79.9. The minimum Gasteiger partial charge on any atom is -0.493 e. The number of nitrogens with one attached hydrogen (secondary N) is 1. The highest BCUT2D eigenvalue weighted by molar-refractivity contribution is 9.10. The summed E-state index contributed by atoms with van der Waals surface area (Å²) >= 11 is 3.37. The van der Waals surface area contributed by atoms with Gasteiger partial charge in [0.1, 0.15) is 6.07 Å². The molecule has 0 aromatic heterocycles. The molecule has 2 aromatic carbocycles. The summed E-state index contributed by atoms with van der Waals surface area (Å²) in [5, 5.41) is 11.7. The second-order valence-electron chi connectivity index (χ2n) is 6.03. The Kier molecular flexibility index (Phi) is 8.04. The summed E-state index contributed by atoms with van der Waals surface area (Å²) in [6.07, 6.45) is -0.254. The van der Waals surface area contributed by atoms with Crippen molar-refractivity contribution in [3.05, 3.63) is 52.0 Å². The van der Waals surface area contributed by atoms with Crippen molar-refractivity contribution in [3.8, 4) is 17.6 Å². The quantitative estimate of drug-likeness (QED) is 0.589. The number of rotatable bonds is 8. The average molecular weight is 461 g/mol. The van der Waals surface area contributed by atoms with Gasteiger partial charge < -0.3 is 19.5 Å². The van der Waals surface area contributed by atoms with Crippen LogP contribution in [0.5, 0.6) is 11.5 Å². The number of methoxy groups -OCH3 is 1. The summed E-state index contributed by atoms with van der Waals surface area (Å²) in [5.74, 6) is -0.373. The lowest BCUT2D eigenvalue weighted by Crippen LogP contribution is -2.30. The second kappa shape index (κ2) is 10.5. The standard InChI is InChI=1S/C21H21BrN2O5/c1-4-9-28-19-16(22)10-15(11-18(19)27-3)21(26)29-13(2)20(25)24-17-8-6-5-7-14(17)12-23/h5-8,10-11,13H,4,9H2,1-3H3,(H,24,25). The number of para-hydroxylation sites is 1. The molecule has 1 unspecified atom stereocenters. The molecular formula is C21H21BrN2O5. The number of nitriles is 1. The van der Waals surface area contributed by atoms with E-state index in [1.807, 2.05) is 13.0 Å². The number of esters is 1. The van der Waals surface area contributed by atoms with Crippen LogP contribution in [0.2, 0.25) is 0 Å². The van der Waals surface area contributed by atoms with Crippen LogP contribution in [0.1, 0.15) is 36.2 Å². The number of anilines is 1. The van der Waals surface area contributed by atoms with Crippen molar-refractivity contribution < 1.29 is 23.8 Å². The van der Waals surface area contributed by atoms with E-state index in [0.717, 1.165) is 6.42 Å². The van der Waals surface area contributed by atoms with Gasteiger partial charge in [-0.25, -0.2) is 4.79 Å². The van der Waals surface area contributed by atoms with Gasteiger partial charge in [0.2, 0.25) is 0 Å². The van der Waals surface area contributed by atoms with Crippen LogP contribution in [0.15, 0.2) is 40.9 Å². The van der Waals surface area contributed by atoms with Crippen LogP contribution >= 0.6 is 15.9 Å². The molecule has 0 saturated heterocycles. The van der Waals surface area contributed by atoms with Crippen LogP contribution in [0, 0.1) is 11.3 Å². The second-order valence-corrected chi connectivity index (χ2v) is 6.89. The summed E-state index contributed by atoms with van der Waals surface area (Å²) in [4.78, 5) is 24.9. The van der Waals surface area contributed by atoms with Gasteiger partial charge in [-0.05, 0) is 53.5 Å². The lowest BCUT2D eigenvalue weighted by Gasteiger charge is -2.16. The number of halogens is 1. The molecule has 152 valence electrons. The molecule has 0 aliphatic heterocycles. The third-order valence-corrected chi connectivity index (χ3v) is 4.46. The fourth-order valence-corrected chi connectivity index (χ4v) is 2.94. The number of ether oxygens (including phenoxy) is 3. The highest BCUT2D eigenvalue weighted by Crippen LogP contribution is 2.37. The van der Waals surface area contributed by atoms with Gasteiger partial charge in [0.25, 0.3) is 5.91 Å². The average Bonchev–Trinajstić information content (AvgIpc) is 2.72. The minimum absolute atomic E-state index is 0.203. The zero-order valence-electron chi connectivity index (χ0n) is 16.3. The maximum atomic E-state index is 12.5. The van der Waals surface area contributed by atoms with Gasteiger partial charge in [-0.1, -0.05) is 19.1 Å². The van der Waals surface area contributed by atoms with Crippen molar-refractivity contribution in [1.82, 2.24) is 0 Å². The van der Waals surface area contributed by atoms with Gasteiger partial charge in [-0.3, -0.25) is 4.79 Å². The van der Waals surface area contributed by atoms with Gasteiger partial charge in [0.15, 0.2) is 17.6 Å². The van der Waals surface area contributed by atoms with Crippen molar-refractivity contribution in [3.63, 3.8) is 0 Å². The molecule has 0 bridgehead atoms. The van der Waals surface area contributed by atoms with Gasteiger partial charge >= 0.3 is 5.97 Å². The molecule has 2 rings (SSSR count). The summed E-state index contributed by atoms with van der Waals surface area (Å²) in [7, 11) is 1.47. The first-order valence-electron chi connectivity index (χ1n) is 8.92. The number of carbonyl (C=O) groups is 2. The molecule has 0 spiro atoms. The number of hydrogen-bond donors (Lipinski definition) is 1. The van der Waals surface area contributed by atoms with Crippen LogP contribution in [0.25, 0.3) is 0 Å². The molecule has 7 nitrogen and oxygen atoms in total. The molecule has 1 amide bonds. The highest BCUT2D eigenvalue weighted by Gasteiger charge is 2.22. The maximum Gasteiger partial charge on any atom is 0.339 e. The normalized spacial score (nSPS) is 11.1. The van der Waals surface area contributed by atoms with Gasteiger partial charge in [0.05, 0.1) is 35.0 Å². The van der Waals surface area contributed by atoms with E-state index in [0.29, 0.717) is 33.8 Å². The molecule has 0 aliphatic carbocycles. The zero-order valence-corrected chi connectivity index (χ0v) is 17.9. The van der Waals surface area contributed by atoms with E-state index in [4.69, 9.17) is 19.5 Å². The molecule has 0 aliphatic rings. The van der Waals surface area contributed by atoms with Gasteiger partial charge in [0, 0.05) is 0 Å². The molecule has 8 heteroatoms. The molecule has 0 fully saturated rings. The largest absolute Gasteiger partial charge is 0.493 e. The predicted octanol–water partition coefficient (Wildman–Crippen LogP) is 4.30. The van der Waals surface area contributed by atoms with Crippen molar-refractivity contribution in [2.24, 2.45) is 0 Å². The smallest absolute Gasteiger partial charge is 0.339 e. The van der Waals surface area contributed by atoms with Crippen LogP contribution in [0.3, 0.4) is 0 Å². The first kappa shape index (κ1) is 22.2. The molecule has 2 aromatic rings. The Morgan fingerprint density at radius 3 is 2.66 bits per heavy atom. The van der Waals surface area contributed by atoms with E-state index in [1.54, 1.807) is 30.3 Å². The summed E-state index contributed by atoms with van der Waals surface area (Å²) in [5.41, 5.74) is 0.870. The minimum atomic E-state index is -1.07. The maximum absolute atomic E-state index is 12.5. The number of nitrogens with zero attached hydrogens (tertiary/aromatic N) is 1. The molecule has 0 saturated carbocycles. The van der Waals surface area contributed by atoms with E-state index in [2.05, 4.69) is 21.2 Å². The van der Waals surface area contributed by atoms with Crippen molar-refractivity contribution >= 4 is 33.5 Å². The first-order chi connectivity index (χ1) is 13.9. The first-order valence-corrected chi connectivity index (χ1v) is 9.71. The van der Waals surface area contributed by atoms with E-state index in [-0.39, 0.29) is 5.56 Å². The monoisotopic (exact) mass is 460 g/mol. The Bertz CT molecular complexity index is 939. The number of hydrogen-bond acceptors (Lipinski definition) is 6. The molecule has 0 heterocycles. The summed E-state index contributed by atoms with van der Waals surface area (Å²) in [6.45, 7) is 3.93. The Morgan fingerprint density at radius 2 is 2.00 bits per heavy atom. The Hall–Kier alpha value is -3.05. The van der Waals surface area contributed by atoms with Crippen LogP contribution < -0.4 is 14.8 Å². The van der Waals surface area contributed by atoms with Crippen molar-refractivity contribution in [2.75, 3.05) is 19.0 Å². The Morgan fingerprint density at radius 1 is 1.28 bits per heavy atom. The number of benzene rings is 2. The molecule has 29 heavy (non-hydrogen) atoms. The van der Waals surface area contributed by atoms with E-state index in [9.17, 15) is 9.59 Å². The molecular weight excluding hydrogens is 440 g/mol. The molecule has 0 radical (unpaired) electrons. The fraction of sp³-hybridized carbons (Fsp3) is 0.286.